The summed E-state index contributed by atoms with van der Waals surface area (Å²) in [5.74, 6) is 1.42. The predicted octanol–water partition coefficient (Wildman–Crippen LogP) is 3.42. The quantitative estimate of drug-likeness (QED) is 0.353. The fourth-order valence-electron chi connectivity index (χ4n) is 3.31. The number of carbonyl (C=O) groups excluding carboxylic acids is 2. The van der Waals surface area contributed by atoms with Gasteiger partial charge in [0.15, 0.2) is 0 Å². The summed E-state index contributed by atoms with van der Waals surface area (Å²) >= 11 is 0. The van der Waals surface area contributed by atoms with E-state index in [1.807, 2.05) is 24.3 Å². The number of unbranched alkanes of at least 4 members (excludes halogenated alkanes) is 1. The Morgan fingerprint density at radius 1 is 0.686 bits per heavy atom. The number of rotatable bonds is 16. The van der Waals surface area contributed by atoms with Crippen LogP contribution in [0.2, 0.25) is 0 Å². The van der Waals surface area contributed by atoms with Crippen molar-refractivity contribution in [1.82, 2.24) is 10.6 Å². The summed E-state index contributed by atoms with van der Waals surface area (Å²) in [7, 11) is 3.20. The van der Waals surface area contributed by atoms with Crippen LogP contribution in [0, 0.1) is 13.8 Å². The molecule has 2 N–H and O–H groups in total. The number of nitrogens with one attached hydrogen (secondary N) is 2. The number of likely N-dealkylation sites (N-methyl/N-ethyl adjacent to an activating group) is 1. The lowest BCUT2D eigenvalue weighted by molar-refractivity contribution is -0.125. The third kappa shape index (κ3) is 10.4. The van der Waals surface area contributed by atoms with E-state index in [-0.39, 0.29) is 18.4 Å². The Balaban J connectivity index is 1.86. The molecule has 0 radical (unpaired) electrons. The zero-order chi connectivity index (χ0) is 25.5. The summed E-state index contributed by atoms with van der Waals surface area (Å²) in [6.45, 7) is 6.55. The van der Waals surface area contributed by atoms with E-state index < -0.39 is 0 Å². The first kappa shape index (κ1) is 28.1. The maximum atomic E-state index is 11.2. The molecule has 0 fully saturated rings. The third-order valence-corrected chi connectivity index (χ3v) is 5.42. The fraction of sp³-hybridized carbons (Fsp3) is 0.481. The van der Waals surface area contributed by atoms with E-state index in [4.69, 9.17) is 18.9 Å². The number of hydrogen-bond acceptors (Lipinski definition) is 6. The molecule has 8 nitrogen and oxygen atoms in total. The van der Waals surface area contributed by atoms with E-state index in [0.717, 1.165) is 46.6 Å². The van der Waals surface area contributed by atoms with Gasteiger partial charge < -0.3 is 29.6 Å². The number of ether oxygens (including phenoxy) is 4. The highest BCUT2D eigenvalue weighted by atomic mass is 16.5. The molecule has 0 unspecified atom stereocenters. The number of aryl methyl sites for hydroxylation is 2. The lowest BCUT2D eigenvalue weighted by atomic mass is 9.96. The van der Waals surface area contributed by atoms with E-state index in [9.17, 15) is 9.59 Å². The molecule has 0 aliphatic heterocycles. The van der Waals surface area contributed by atoms with Crippen LogP contribution in [0.3, 0.4) is 0 Å². The molecule has 0 atom stereocenters. The van der Waals surface area contributed by atoms with Gasteiger partial charge in [0.05, 0.1) is 19.8 Å². The predicted molar refractivity (Wildman–Crippen MR) is 136 cm³/mol. The smallest absolute Gasteiger partial charge is 0.245 e. The Hall–Kier alpha value is -3.10. The Bertz CT molecular complexity index is 947. The first-order chi connectivity index (χ1) is 16.9. The van der Waals surface area contributed by atoms with Gasteiger partial charge >= 0.3 is 0 Å². The van der Waals surface area contributed by atoms with Crippen molar-refractivity contribution in [2.24, 2.45) is 0 Å². The van der Waals surface area contributed by atoms with Gasteiger partial charge in [0.2, 0.25) is 11.8 Å². The first-order valence-corrected chi connectivity index (χ1v) is 12.0. The van der Waals surface area contributed by atoms with Gasteiger partial charge in [-0.1, -0.05) is 12.1 Å². The summed E-state index contributed by atoms with van der Waals surface area (Å²) in [4.78, 5) is 22.4. The molecule has 0 saturated heterocycles. The summed E-state index contributed by atoms with van der Waals surface area (Å²) in [6, 6.07) is 12.1. The number of benzene rings is 2. The van der Waals surface area contributed by atoms with Crippen molar-refractivity contribution in [3.05, 3.63) is 47.5 Å². The minimum Gasteiger partial charge on any atom is -0.494 e. The van der Waals surface area contributed by atoms with Crippen molar-refractivity contribution >= 4 is 11.8 Å². The average Bonchev–Trinajstić information content (AvgIpc) is 2.87. The van der Waals surface area contributed by atoms with Gasteiger partial charge in [0.1, 0.15) is 24.7 Å². The van der Waals surface area contributed by atoms with Crippen LogP contribution in [0.25, 0.3) is 11.1 Å². The summed E-state index contributed by atoms with van der Waals surface area (Å²) in [5.41, 5.74) is 4.49. The number of hydrogen-bond donors (Lipinski definition) is 2. The van der Waals surface area contributed by atoms with Crippen LogP contribution >= 0.6 is 0 Å². The topological polar surface area (TPSA) is 95.1 Å². The zero-order valence-electron chi connectivity index (χ0n) is 21.3. The maximum Gasteiger partial charge on any atom is 0.245 e. The van der Waals surface area contributed by atoms with Crippen molar-refractivity contribution in [3.8, 4) is 22.6 Å². The second kappa shape index (κ2) is 15.7. The van der Waals surface area contributed by atoms with Crippen LogP contribution in [-0.4, -0.2) is 65.6 Å². The van der Waals surface area contributed by atoms with E-state index in [1.54, 1.807) is 14.1 Å². The SMILES string of the molecule is CNC(=O)CCOCCOc1ccc(C)c(-c2cc(OCCCCOCC(=O)NC)ccc2C)c1. The third-order valence-electron chi connectivity index (χ3n) is 5.42. The van der Waals surface area contributed by atoms with Crippen LogP contribution in [0.1, 0.15) is 30.4 Å². The molecular formula is C27H38N2O6. The highest BCUT2D eigenvalue weighted by Gasteiger charge is 2.09. The number of carbonyl (C=O) groups is 2. The summed E-state index contributed by atoms with van der Waals surface area (Å²) < 4.78 is 22.6. The largest absolute Gasteiger partial charge is 0.494 e. The second-order valence-electron chi connectivity index (χ2n) is 8.12. The molecule has 0 saturated carbocycles. The first-order valence-electron chi connectivity index (χ1n) is 12.0. The van der Waals surface area contributed by atoms with E-state index in [1.165, 1.54) is 0 Å². The van der Waals surface area contributed by atoms with Crippen molar-refractivity contribution in [2.75, 3.05) is 53.7 Å². The minimum absolute atomic E-state index is 0.0393. The maximum absolute atomic E-state index is 11.2. The lowest BCUT2D eigenvalue weighted by Gasteiger charge is -2.15. The molecule has 192 valence electrons. The Morgan fingerprint density at radius 3 is 1.86 bits per heavy atom. The molecule has 0 aliphatic carbocycles. The van der Waals surface area contributed by atoms with Crippen LogP contribution in [0.15, 0.2) is 36.4 Å². The molecule has 8 heteroatoms. The van der Waals surface area contributed by atoms with Gasteiger partial charge in [-0.15, -0.1) is 0 Å². The van der Waals surface area contributed by atoms with Crippen molar-refractivity contribution < 1.29 is 28.5 Å². The molecule has 2 rings (SSSR count). The summed E-state index contributed by atoms with van der Waals surface area (Å²) in [5, 5.41) is 5.09. The van der Waals surface area contributed by atoms with E-state index in [0.29, 0.717) is 39.5 Å². The fourth-order valence-corrected chi connectivity index (χ4v) is 3.31. The van der Waals surface area contributed by atoms with E-state index >= 15 is 0 Å². The van der Waals surface area contributed by atoms with Gasteiger partial charge in [-0.05, 0) is 73.2 Å². The van der Waals surface area contributed by atoms with Crippen LogP contribution in [-0.2, 0) is 19.1 Å². The van der Waals surface area contributed by atoms with Crippen molar-refractivity contribution in [3.63, 3.8) is 0 Å². The molecule has 0 aromatic heterocycles. The molecule has 0 bridgehead atoms. The molecular weight excluding hydrogens is 448 g/mol. The highest BCUT2D eigenvalue weighted by Crippen LogP contribution is 2.32. The van der Waals surface area contributed by atoms with Gasteiger partial charge in [-0.3, -0.25) is 9.59 Å². The van der Waals surface area contributed by atoms with Crippen LogP contribution < -0.4 is 20.1 Å². The van der Waals surface area contributed by atoms with Gasteiger partial charge in [0.25, 0.3) is 0 Å². The van der Waals surface area contributed by atoms with Gasteiger partial charge in [-0.25, -0.2) is 0 Å². The zero-order valence-corrected chi connectivity index (χ0v) is 21.3. The highest BCUT2D eigenvalue weighted by molar-refractivity contribution is 5.76. The molecule has 35 heavy (non-hydrogen) atoms. The normalized spacial score (nSPS) is 10.6. The Kier molecular flexibility index (Phi) is 12.7. The second-order valence-corrected chi connectivity index (χ2v) is 8.12. The van der Waals surface area contributed by atoms with Crippen LogP contribution in [0.4, 0.5) is 0 Å². The molecule has 2 aromatic carbocycles. The lowest BCUT2D eigenvalue weighted by Crippen LogP contribution is -2.23. The number of amides is 2. The molecule has 0 heterocycles. The Labute approximate surface area is 208 Å². The monoisotopic (exact) mass is 486 g/mol. The summed E-state index contributed by atoms with van der Waals surface area (Å²) in [6.07, 6.45) is 2.00. The molecule has 0 aliphatic rings. The van der Waals surface area contributed by atoms with Gasteiger partial charge in [-0.2, -0.15) is 0 Å². The molecule has 2 amide bonds. The molecule has 0 spiro atoms. The minimum atomic E-state index is -0.121. The van der Waals surface area contributed by atoms with Gasteiger partial charge in [0, 0.05) is 27.1 Å². The standard InChI is InChI=1S/C27H38N2O6/c1-20-7-9-22(34-13-6-5-12-33-19-27(31)29-4)17-24(20)25-18-23(10-8-21(25)2)35-16-15-32-14-11-26(30)28-3/h7-10,17-18H,5-6,11-16,19H2,1-4H3,(H,28,30)(H,29,31). The molecule has 2 aromatic rings. The van der Waals surface area contributed by atoms with Crippen molar-refractivity contribution in [1.29, 1.82) is 0 Å². The van der Waals surface area contributed by atoms with Crippen molar-refractivity contribution in [2.45, 2.75) is 33.1 Å². The Morgan fingerprint density at radius 2 is 1.26 bits per heavy atom. The van der Waals surface area contributed by atoms with Crippen LogP contribution in [0.5, 0.6) is 11.5 Å². The average molecular weight is 487 g/mol. The van der Waals surface area contributed by atoms with E-state index in [2.05, 4.69) is 36.6 Å².